The highest BCUT2D eigenvalue weighted by atomic mass is 19.1. The Bertz CT molecular complexity index is 1400. The molecule has 5 rings (SSSR count). The Balaban J connectivity index is 1.33. The van der Waals surface area contributed by atoms with Crippen molar-refractivity contribution in [3.05, 3.63) is 94.8 Å². The number of amides is 1. The van der Waals surface area contributed by atoms with Gasteiger partial charge in [0.05, 0.1) is 30.8 Å². The lowest BCUT2D eigenvalue weighted by Gasteiger charge is -2.48. The van der Waals surface area contributed by atoms with Crippen molar-refractivity contribution >= 4 is 11.6 Å². The minimum absolute atomic E-state index is 0.00926. The van der Waals surface area contributed by atoms with Gasteiger partial charge in [0.25, 0.3) is 0 Å². The molecule has 10 heteroatoms. The molecule has 3 aromatic carbocycles. The molecular formula is C33H38FNO8. The van der Waals surface area contributed by atoms with Gasteiger partial charge < -0.3 is 40.3 Å². The minimum atomic E-state index is -1.45. The standard InChI is InChI=1S/C33H38FNO8/c1-18-2-10-22(11-3-18)35-29(24(33(35)42)13-14-25(37)20-6-8-21(34)9-7-20)23-12-4-19(16-26(23)38)5-15-27-30(39)32(41)31(40)28(17-36)43-27/h2-4,6-12,16,24-25,27-32,36-41H,5,13-15,17H2,1H3/t24-,25+,27+,28?,29-,30?,31+,32-/m1/s1. The van der Waals surface area contributed by atoms with Crippen LogP contribution in [0.3, 0.4) is 0 Å². The van der Waals surface area contributed by atoms with Gasteiger partial charge in [0, 0.05) is 11.3 Å². The average Bonchev–Trinajstić information content (AvgIpc) is 3.00. The van der Waals surface area contributed by atoms with E-state index in [4.69, 9.17) is 4.74 Å². The van der Waals surface area contributed by atoms with Gasteiger partial charge in [-0.1, -0.05) is 42.0 Å². The molecule has 0 saturated carbocycles. The van der Waals surface area contributed by atoms with Crippen LogP contribution < -0.4 is 4.90 Å². The van der Waals surface area contributed by atoms with E-state index in [-0.39, 0.29) is 24.5 Å². The fraction of sp³-hybridized carbons (Fsp3) is 0.424. The lowest BCUT2D eigenvalue weighted by Crippen LogP contribution is -2.58. The molecule has 2 saturated heterocycles. The number of ether oxygens (including phenoxy) is 1. The maximum atomic E-state index is 13.4. The van der Waals surface area contributed by atoms with Gasteiger partial charge >= 0.3 is 0 Å². The second-order valence-electron chi connectivity index (χ2n) is 11.5. The third-order valence-corrected chi connectivity index (χ3v) is 8.65. The van der Waals surface area contributed by atoms with Gasteiger partial charge in [0.1, 0.15) is 36.0 Å². The molecule has 2 fully saturated rings. The van der Waals surface area contributed by atoms with Crippen LogP contribution in [0.15, 0.2) is 66.7 Å². The monoisotopic (exact) mass is 595 g/mol. The number of halogens is 1. The molecule has 8 atom stereocenters. The summed E-state index contributed by atoms with van der Waals surface area (Å²) in [5.41, 5.74) is 3.58. The number of phenols is 1. The number of anilines is 1. The second kappa shape index (κ2) is 13.1. The zero-order chi connectivity index (χ0) is 30.8. The van der Waals surface area contributed by atoms with E-state index in [0.29, 0.717) is 29.7 Å². The number of carbonyl (C=O) groups is 1. The Kier molecular flexibility index (Phi) is 9.45. The summed E-state index contributed by atoms with van der Waals surface area (Å²) in [6, 6.07) is 17.8. The summed E-state index contributed by atoms with van der Waals surface area (Å²) in [5.74, 6) is -1.02. The first-order valence-corrected chi connectivity index (χ1v) is 14.5. The van der Waals surface area contributed by atoms with Crippen molar-refractivity contribution in [2.45, 2.75) is 75.3 Å². The Hall–Kier alpha value is -3.38. The summed E-state index contributed by atoms with van der Waals surface area (Å²) in [6.45, 7) is 1.45. The average molecular weight is 596 g/mol. The molecule has 2 aliphatic rings. The van der Waals surface area contributed by atoms with Crippen LogP contribution in [0.25, 0.3) is 0 Å². The van der Waals surface area contributed by atoms with Gasteiger partial charge in [-0.05, 0) is 74.1 Å². The number of benzene rings is 3. The summed E-state index contributed by atoms with van der Waals surface area (Å²) < 4.78 is 18.9. The summed E-state index contributed by atoms with van der Waals surface area (Å²) in [4.78, 5) is 15.1. The van der Waals surface area contributed by atoms with Gasteiger partial charge in [-0.25, -0.2) is 4.39 Å². The molecule has 2 heterocycles. The molecule has 3 aromatic rings. The molecule has 0 bridgehead atoms. The van der Waals surface area contributed by atoms with Crippen molar-refractivity contribution < 1.29 is 44.6 Å². The summed E-state index contributed by atoms with van der Waals surface area (Å²) >= 11 is 0. The number of aliphatic hydroxyl groups excluding tert-OH is 5. The Morgan fingerprint density at radius 2 is 1.58 bits per heavy atom. The maximum absolute atomic E-state index is 13.4. The first kappa shape index (κ1) is 31.1. The van der Waals surface area contributed by atoms with Crippen molar-refractivity contribution in [3.63, 3.8) is 0 Å². The highest BCUT2D eigenvalue weighted by Crippen LogP contribution is 2.48. The van der Waals surface area contributed by atoms with Gasteiger partial charge in [-0.3, -0.25) is 4.79 Å². The molecule has 0 aromatic heterocycles. The van der Waals surface area contributed by atoms with Gasteiger partial charge in [-0.15, -0.1) is 0 Å². The van der Waals surface area contributed by atoms with Gasteiger partial charge in [0.15, 0.2) is 0 Å². The lowest BCUT2D eigenvalue weighted by atomic mass is 9.77. The topological polar surface area (TPSA) is 151 Å². The van der Waals surface area contributed by atoms with Crippen LogP contribution in [0.2, 0.25) is 0 Å². The number of aryl methyl sites for hydroxylation is 2. The number of hydrogen-bond donors (Lipinski definition) is 6. The largest absolute Gasteiger partial charge is 0.508 e. The highest BCUT2D eigenvalue weighted by Gasteiger charge is 2.49. The number of nitrogens with zero attached hydrogens (tertiary/aromatic N) is 1. The zero-order valence-corrected chi connectivity index (χ0v) is 23.8. The molecule has 0 radical (unpaired) electrons. The van der Waals surface area contributed by atoms with Crippen LogP contribution in [0.5, 0.6) is 5.75 Å². The molecule has 0 aliphatic carbocycles. The van der Waals surface area contributed by atoms with Crippen LogP contribution in [0, 0.1) is 18.7 Å². The molecule has 6 N–H and O–H groups in total. The van der Waals surface area contributed by atoms with Gasteiger partial charge in [-0.2, -0.15) is 0 Å². The molecule has 230 valence electrons. The molecular weight excluding hydrogens is 557 g/mol. The molecule has 1 amide bonds. The molecule has 2 aliphatic heterocycles. The highest BCUT2D eigenvalue weighted by molar-refractivity contribution is 6.03. The normalized spacial score (nSPS) is 28.0. The van der Waals surface area contributed by atoms with Crippen molar-refractivity contribution in [3.8, 4) is 5.75 Å². The number of aromatic hydroxyl groups is 1. The van der Waals surface area contributed by atoms with Crippen molar-refractivity contribution in [1.29, 1.82) is 0 Å². The summed E-state index contributed by atoms with van der Waals surface area (Å²) in [7, 11) is 0. The van der Waals surface area contributed by atoms with Crippen LogP contribution in [-0.4, -0.2) is 73.7 Å². The summed E-state index contributed by atoms with van der Waals surface area (Å²) in [5, 5.41) is 61.8. The number of phenolic OH excluding ortho intramolecular Hbond substituents is 1. The SMILES string of the molecule is Cc1ccc(N2C(=O)[C@H](CC[C@H](O)c3ccc(F)cc3)[C@H]2c2ccc(CC[C@@H]3OC(CO)[C@H](O)[C@H](O)C3O)cc2O)cc1. The van der Waals surface area contributed by atoms with Crippen LogP contribution in [-0.2, 0) is 16.0 Å². The fourth-order valence-corrected chi connectivity index (χ4v) is 6.09. The number of carbonyl (C=O) groups excluding carboxylic acids is 1. The lowest BCUT2D eigenvalue weighted by molar-refractivity contribution is -0.230. The number of rotatable bonds is 10. The van der Waals surface area contributed by atoms with E-state index in [1.165, 1.54) is 24.3 Å². The maximum Gasteiger partial charge on any atom is 0.233 e. The Labute approximate surface area is 249 Å². The number of hydrogen-bond acceptors (Lipinski definition) is 8. The van der Waals surface area contributed by atoms with Crippen LogP contribution in [0.4, 0.5) is 10.1 Å². The second-order valence-corrected chi connectivity index (χ2v) is 11.5. The first-order chi connectivity index (χ1) is 20.6. The van der Waals surface area contributed by atoms with E-state index in [1.807, 2.05) is 37.3 Å². The number of aliphatic hydroxyl groups is 5. The molecule has 43 heavy (non-hydrogen) atoms. The van der Waals surface area contributed by atoms with Crippen LogP contribution in [0.1, 0.15) is 53.7 Å². The molecule has 9 nitrogen and oxygen atoms in total. The smallest absolute Gasteiger partial charge is 0.233 e. The van der Waals surface area contributed by atoms with Crippen molar-refractivity contribution in [2.24, 2.45) is 5.92 Å². The van der Waals surface area contributed by atoms with Crippen molar-refractivity contribution in [2.75, 3.05) is 11.5 Å². The van der Waals surface area contributed by atoms with E-state index in [2.05, 4.69) is 0 Å². The minimum Gasteiger partial charge on any atom is -0.508 e. The van der Waals surface area contributed by atoms with Crippen LogP contribution >= 0.6 is 0 Å². The van der Waals surface area contributed by atoms with Gasteiger partial charge in [0.2, 0.25) is 5.91 Å². The van der Waals surface area contributed by atoms with E-state index in [9.17, 15) is 39.8 Å². The molecule has 0 spiro atoms. The predicted molar refractivity (Wildman–Crippen MR) is 156 cm³/mol. The summed E-state index contributed by atoms with van der Waals surface area (Å²) in [6.07, 6.45) is -5.63. The Morgan fingerprint density at radius 3 is 2.23 bits per heavy atom. The van der Waals surface area contributed by atoms with E-state index in [0.717, 1.165) is 11.1 Å². The molecule has 2 unspecified atom stereocenters. The van der Waals surface area contributed by atoms with E-state index >= 15 is 0 Å². The third-order valence-electron chi connectivity index (χ3n) is 8.65. The van der Waals surface area contributed by atoms with Crippen molar-refractivity contribution in [1.82, 2.24) is 0 Å². The zero-order valence-electron chi connectivity index (χ0n) is 23.8. The van der Waals surface area contributed by atoms with E-state index < -0.39 is 61.0 Å². The predicted octanol–water partition coefficient (Wildman–Crippen LogP) is 2.83. The quantitative estimate of drug-likeness (QED) is 0.196. The Morgan fingerprint density at radius 1 is 0.907 bits per heavy atom. The fourth-order valence-electron chi connectivity index (χ4n) is 6.09. The third kappa shape index (κ3) is 6.45. The van der Waals surface area contributed by atoms with E-state index in [1.54, 1.807) is 17.0 Å². The number of β-lactam (4-membered cyclic amide) rings is 1. The first-order valence-electron chi connectivity index (χ1n) is 14.5.